The molecular formula is C29H26N4O6. The Labute approximate surface area is 223 Å². The van der Waals surface area contributed by atoms with E-state index < -0.39 is 16.5 Å². The predicted molar refractivity (Wildman–Crippen MR) is 144 cm³/mol. The van der Waals surface area contributed by atoms with Crippen LogP contribution in [0.1, 0.15) is 42.0 Å². The third kappa shape index (κ3) is 3.87. The van der Waals surface area contributed by atoms with E-state index in [-0.39, 0.29) is 41.9 Å². The van der Waals surface area contributed by atoms with E-state index in [1.807, 2.05) is 18.2 Å². The van der Waals surface area contributed by atoms with Crippen LogP contribution in [0.2, 0.25) is 0 Å². The molecule has 2 aliphatic rings. The molecule has 2 aliphatic heterocycles. The summed E-state index contributed by atoms with van der Waals surface area (Å²) >= 11 is 0. The van der Waals surface area contributed by atoms with Gasteiger partial charge in [-0.15, -0.1) is 0 Å². The Bertz CT molecular complexity index is 1720. The highest BCUT2D eigenvalue weighted by atomic mass is 16.6. The van der Waals surface area contributed by atoms with Crippen molar-refractivity contribution in [3.8, 4) is 11.4 Å². The fraction of sp³-hybridized carbons (Fsp3) is 0.276. The molecule has 0 aliphatic carbocycles. The maximum Gasteiger partial charge on any atom is 0.343 e. The summed E-state index contributed by atoms with van der Waals surface area (Å²) in [6, 6.07) is 16.4. The van der Waals surface area contributed by atoms with Crippen molar-refractivity contribution < 1.29 is 19.6 Å². The van der Waals surface area contributed by atoms with Crippen molar-refractivity contribution in [1.82, 2.24) is 9.55 Å². The van der Waals surface area contributed by atoms with Gasteiger partial charge in [0.1, 0.15) is 12.0 Å². The topological polar surface area (TPSA) is 137 Å². The van der Waals surface area contributed by atoms with Crippen LogP contribution in [0.25, 0.3) is 22.3 Å². The van der Waals surface area contributed by atoms with Crippen LogP contribution in [0.4, 0.5) is 11.4 Å². The predicted octanol–water partition coefficient (Wildman–Crippen LogP) is 4.03. The van der Waals surface area contributed by atoms with E-state index in [9.17, 15) is 24.8 Å². The second-order valence-corrected chi connectivity index (χ2v) is 9.86. The van der Waals surface area contributed by atoms with Crippen molar-refractivity contribution in [2.24, 2.45) is 0 Å². The van der Waals surface area contributed by atoms with Crippen LogP contribution in [0.3, 0.4) is 0 Å². The Hall–Kier alpha value is -4.57. The minimum atomic E-state index is -1.93. The number of aliphatic hydroxyl groups is 1. The quantitative estimate of drug-likeness (QED) is 0.140. The summed E-state index contributed by atoms with van der Waals surface area (Å²) in [5, 5.41) is 26.9. The normalized spacial score (nSPS) is 17.3. The van der Waals surface area contributed by atoms with Gasteiger partial charge in [-0.25, -0.2) is 9.78 Å². The van der Waals surface area contributed by atoms with Crippen LogP contribution in [0.5, 0.6) is 0 Å². The van der Waals surface area contributed by atoms with E-state index in [0.29, 0.717) is 40.1 Å². The number of nitrogens with one attached hydrogen (secondary N) is 1. The summed E-state index contributed by atoms with van der Waals surface area (Å²) in [4.78, 5) is 42.4. The van der Waals surface area contributed by atoms with Gasteiger partial charge >= 0.3 is 5.97 Å². The van der Waals surface area contributed by atoms with Gasteiger partial charge in [0.05, 0.1) is 39.6 Å². The second kappa shape index (κ2) is 9.32. The fourth-order valence-corrected chi connectivity index (χ4v) is 5.61. The second-order valence-electron chi connectivity index (χ2n) is 9.86. The number of esters is 1. The van der Waals surface area contributed by atoms with Gasteiger partial charge < -0.3 is 19.7 Å². The summed E-state index contributed by atoms with van der Waals surface area (Å²) in [7, 11) is 0. The number of aromatic nitrogens is 2. The van der Waals surface area contributed by atoms with Gasteiger partial charge in [-0.1, -0.05) is 43.3 Å². The first kappa shape index (κ1) is 24.7. The highest BCUT2D eigenvalue weighted by Gasteiger charge is 2.45. The maximum absolute atomic E-state index is 13.6. The molecule has 0 fully saturated rings. The third-order valence-corrected chi connectivity index (χ3v) is 7.68. The van der Waals surface area contributed by atoms with Gasteiger partial charge in [0.15, 0.2) is 5.60 Å². The van der Waals surface area contributed by atoms with Crippen LogP contribution in [0.15, 0.2) is 59.4 Å². The maximum atomic E-state index is 13.6. The molecular weight excluding hydrogens is 500 g/mol. The van der Waals surface area contributed by atoms with Crippen molar-refractivity contribution in [3.63, 3.8) is 0 Å². The SMILES string of the molecule is CC[C@@]1(O)C(=O)OCc2c1cc1n(c2=O)Cc2c-1nc1cccc([N+](=O)[O-])c1c2NCCCc1ccccc1. The number of rotatable bonds is 7. The highest BCUT2D eigenvalue weighted by Crippen LogP contribution is 2.43. The Morgan fingerprint density at radius 1 is 1.15 bits per heavy atom. The van der Waals surface area contributed by atoms with E-state index >= 15 is 0 Å². The molecule has 0 amide bonds. The molecule has 2 aromatic carbocycles. The fourth-order valence-electron chi connectivity index (χ4n) is 5.61. The number of nitrogens with zero attached hydrogens (tertiary/aromatic N) is 3. The molecule has 4 aromatic rings. The van der Waals surface area contributed by atoms with Crippen molar-refractivity contribution in [2.45, 2.75) is 44.9 Å². The first-order valence-electron chi connectivity index (χ1n) is 12.9. The van der Waals surface area contributed by atoms with Crippen molar-refractivity contribution in [3.05, 3.63) is 97.3 Å². The number of cyclic esters (lactones) is 1. The largest absolute Gasteiger partial charge is 0.458 e. The average Bonchev–Trinajstić information content (AvgIpc) is 3.31. The molecule has 10 nitrogen and oxygen atoms in total. The first-order valence-corrected chi connectivity index (χ1v) is 12.9. The number of benzene rings is 2. The number of hydrogen-bond acceptors (Lipinski definition) is 8. The Balaban J connectivity index is 1.49. The van der Waals surface area contributed by atoms with Crippen LogP contribution >= 0.6 is 0 Å². The molecule has 1 atom stereocenters. The van der Waals surface area contributed by atoms with Crippen LogP contribution in [0, 0.1) is 10.1 Å². The number of anilines is 1. The number of carbonyl (C=O) groups excluding carboxylic acids is 1. The van der Waals surface area contributed by atoms with Gasteiger partial charge in [-0.2, -0.15) is 0 Å². The molecule has 2 aromatic heterocycles. The number of ether oxygens (including phenoxy) is 1. The molecule has 39 heavy (non-hydrogen) atoms. The molecule has 0 saturated heterocycles. The van der Waals surface area contributed by atoms with E-state index in [2.05, 4.69) is 17.4 Å². The Morgan fingerprint density at radius 3 is 2.69 bits per heavy atom. The number of nitro groups is 1. The summed E-state index contributed by atoms with van der Waals surface area (Å²) < 4.78 is 6.69. The summed E-state index contributed by atoms with van der Waals surface area (Å²) in [5.74, 6) is -0.789. The lowest BCUT2D eigenvalue weighted by Gasteiger charge is -2.31. The van der Waals surface area contributed by atoms with Crippen molar-refractivity contribution >= 4 is 28.2 Å². The lowest BCUT2D eigenvalue weighted by atomic mass is 9.86. The number of fused-ring (bicyclic) bond motifs is 5. The number of aryl methyl sites for hydroxylation is 1. The van der Waals surface area contributed by atoms with E-state index in [0.717, 1.165) is 12.8 Å². The molecule has 6 rings (SSSR count). The number of pyridine rings is 2. The molecule has 0 unspecified atom stereocenters. The molecule has 10 heteroatoms. The summed E-state index contributed by atoms with van der Waals surface area (Å²) in [6.45, 7) is 2.12. The van der Waals surface area contributed by atoms with Crippen LogP contribution in [-0.4, -0.2) is 32.1 Å². The molecule has 198 valence electrons. The number of hydrogen-bond donors (Lipinski definition) is 2. The molecule has 0 bridgehead atoms. The average molecular weight is 527 g/mol. The van der Waals surface area contributed by atoms with Gasteiger partial charge in [0.25, 0.3) is 11.2 Å². The third-order valence-electron chi connectivity index (χ3n) is 7.68. The zero-order valence-electron chi connectivity index (χ0n) is 21.3. The Kier molecular flexibility index (Phi) is 5.91. The van der Waals surface area contributed by atoms with Gasteiger partial charge in [-0.05, 0) is 37.0 Å². The van der Waals surface area contributed by atoms with Gasteiger partial charge in [0, 0.05) is 23.7 Å². The first-order chi connectivity index (χ1) is 18.8. The van der Waals surface area contributed by atoms with Crippen molar-refractivity contribution in [1.29, 1.82) is 0 Å². The number of non-ortho nitro benzene ring substituents is 1. The number of carbonyl (C=O) groups is 1. The minimum absolute atomic E-state index is 0.0418. The van der Waals surface area contributed by atoms with E-state index in [4.69, 9.17) is 9.72 Å². The smallest absolute Gasteiger partial charge is 0.343 e. The van der Waals surface area contributed by atoms with Crippen LogP contribution in [-0.2, 0) is 34.7 Å². The highest BCUT2D eigenvalue weighted by molar-refractivity contribution is 6.03. The Morgan fingerprint density at radius 2 is 1.95 bits per heavy atom. The zero-order chi connectivity index (χ0) is 27.3. The summed E-state index contributed by atoms with van der Waals surface area (Å²) in [5.41, 5.74) is 1.84. The van der Waals surface area contributed by atoms with E-state index in [1.165, 1.54) is 16.2 Å². The molecule has 2 N–H and O–H groups in total. The van der Waals surface area contributed by atoms with E-state index in [1.54, 1.807) is 25.1 Å². The van der Waals surface area contributed by atoms with Gasteiger partial charge in [-0.3, -0.25) is 14.9 Å². The molecule has 0 spiro atoms. The van der Waals surface area contributed by atoms with Crippen molar-refractivity contribution in [2.75, 3.05) is 11.9 Å². The summed E-state index contributed by atoms with van der Waals surface area (Å²) in [6.07, 6.45) is 1.66. The standard InChI is InChI=1S/C29H26N4O6/c1-2-29(36)20-14-23-25-18(15-32(23)27(34)19(20)16-39-28(29)35)26(30-13-7-10-17-8-4-3-5-9-17)24-21(31-25)11-6-12-22(24)33(37)38/h3-6,8-9,11-12,14,36H,2,7,10,13,15-16H2,1H3,(H,30,31)/t29-/m0/s1. The minimum Gasteiger partial charge on any atom is -0.458 e. The lowest BCUT2D eigenvalue weighted by Crippen LogP contribution is -2.44. The number of nitro benzene ring substituents is 1. The molecule has 4 heterocycles. The molecule has 0 radical (unpaired) electrons. The van der Waals surface area contributed by atoms with Crippen LogP contribution < -0.4 is 10.9 Å². The monoisotopic (exact) mass is 526 g/mol. The lowest BCUT2D eigenvalue weighted by molar-refractivity contribution is -0.383. The zero-order valence-corrected chi connectivity index (χ0v) is 21.3. The molecule has 0 saturated carbocycles. The van der Waals surface area contributed by atoms with Gasteiger partial charge in [0.2, 0.25) is 0 Å².